The van der Waals surface area contributed by atoms with Crippen LogP contribution in [0.4, 0.5) is 0 Å². The molecule has 0 fully saturated rings. The number of carbonyl (C=O) groups is 1. The molecule has 0 unspecified atom stereocenters. The first-order valence-electron chi connectivity index (χ1n) is 10.6. The molecule has 152 valence electrons. The smallest absolute Gasteiger partial charge is 0.197 e. The Bertz CT molecular complexity index is 1600. The van der Waals surface area contributed by atoms with E-state index in [-0.39, 0.29) is 5.78 Å². The number of para-hydroxylation sites is 4. The van der Waals surface area contributed by atoms with Crippen LogP contribution in [0.5, 0.6) is 0 Å². The molecule has 0 aliphatic heterocycles. The Morgan fingerprint density at radius 1 is 0.562 bits per heavy atom. The zero-order valence-electron chi connectivity index (χ0n) is 17.5. The molecule has 3 nitrogen and oxygen atoms in total. The number of hydrogen-bond donors (Lipinski definition) is 0. The molecular weight excluding hydrogens is 392 g/mol. The predicted molar refractivity (Wildman–Crippen MR) is 135 cm³/mol. The van der Waals surface area contributed by atoms with Crippen molar-refractivity contribution in [3.05, 3.63) is 109 Å². The number of fused-ring (bicyclic) bond motifs is 6. The van der Waals surface area contributed by atoms with E-state index in [1.165, 1.54) is 0 Å². The summed E-state index contributed by atoms with van der Waals surface area (Å²) in [6.07, 6.45) is 3.56. The molecule has 0 radical (unpaired) electrons. The molecule has 6 rings (SSSR count). The molecule has 0 aliphatic carbocycles. The average molecular weight is 412 g/mol. The molecule has 0 saturated heterocycles. The van der Waals surface area contributed by atoms with E-state index in [1.807, 2.05) is 57.7 Å². The zero-order chi connectivity index (χ0) is 21.8. The maximum Gasteiger partial charge on any atom is 0.197 e. The van der Waals surface area contributed by atoms with Gasteiger partial charge in [0.2, 0.25) is 0 Å². The third-order valence-corrected chi connectivity index (χ3v) is 6.32. The molecular formula is C29H20N2O. The van der Waals surface area contributed by atoms with E-state index in [4.69, 9.17) is 0 Å². The highest BCUT2D eigenvalue weighted by Crippen LogP contribution is 2.35. The van der Waals surface area contributed by atoms with Crippen LogP contribution in [0.15, 0.2) is 98.1 Å². The van der Waals surface area contributed by atoms with Crippen LogP contribution in [0.3, 0.4) is 0 Å². The summed E-state index contributed by atoms with van der Waals surface area (Å²) in [4.78, 5) is 14.1. The van der Waals surface area contributed by atoms with Gasteiger partial charge in [-0.05, 0) is 24.3 Å². The minimum absolute atomic E-state index is 0.0157. The van der Waals surface area contributed by atoms with E-state index < -0.39 is 0 Å². The number of rotatable bonds is 4. The maximum absolute atomic E-state index is 14.1. The maximum atomic E-state index is 14.1. The third kappa shape index (κ3) is 2.33. The van der Waals surface area contributed by atoms with Gasteiger partial charge in [-0.1, -0.05) is 73.8 Å². The van der Waals surface area contributed by atoms with Crippen LogP contribution < -0.4 is 0 Å². The van der Waals surface area contributed by atoms with Crippen LogP contribution in [0.2, 0.25) is 0 Å². The zero-order valence-corrected chi connectivity index (χ0v) is 17.5. The van der Waals surface area contributed by atoms with Crippen LogP contribution in [-0.4, -0.2) is 14.9 Å². The first kappa shape index (κ1) is 18.4. The Labute approximate surface area is 185 Å². The van der Waals surface area contributed by atoms with Crippen LogP contribution >= 0.6 is 0 Å². The van der Waals surface area contributed by atoms with Gasteiger partial charge in [0.25, 0.3) is 0 Å². The molecule has 0 saturated carbocycles. The molecule has 3 heteroatoms. The van der Waals surface area contributed by atoms with Gasteiger partial charge in [0.1, 0.15) is 0 Å². The van der Waals surface area contributed by atoms with Crippen molar-refractivity contribution in [2.24, 2.45) is 0 Å². The fraction of sp³-hybridized carbons (Fsp3) is 0. The van der Waals surface area contributed by atoms with E-state index in [2.05, 4.69) is 49.6 Å². The van der Waals surface area contributed by atoms with Crippen molar-refractivity contribution in [3.63, 3.8) is 0 Å². The van der Waals surface area contributed by atoms with Crippen molar-refractivity contribution in [1.29, 1.82) is 0 Å². The molecule has 2 heterocycles. The van der Waals surface area contributed by atoms with Crippen molar-refractivity contribution < 1.29 is 4.79 Å². The Hall–Kier alpha value is -4.37. The minimum atomic E-state index is -0.0157. The summed E-state index contributed by atoms with van der Waals surface area (Å²) in [7, 11) is 0. The summed E-state index contributed by atoms with van der Waals surface area (Å²) in [6.45, 7) is 8.03. The fourth-order valence-electron chi connectivity index (χ4n) is 5.00. The van der Waals surface area contributed by atoms with Crippen LogP contribution in [0.1, 0.15) is 15.9 Å². The second kappa shape index (κ2) is 6.82. The molecule has 0 N–H and O–H groups in total. The van der Waals surface area contributed by atoms with Gasteiger partial charge in [0.15, 0.2) is 5.78 Å². The van der Waals surface area contributed by atoms with Gasteiger partial charge in [0.05, 0.1) is 22.1 Å². The van der Waals surface area contributed by atoms with Crippen molar-refractivity contribution in [3.8, 4) is 0 Å². The third-order valence-electron chi connectivity index (χ3n) is 6.32. The molecule has 32 heavy (non-hydrogen) atoms. The Morgan fingerprint density at radius 3 is 1.41 bits per heavy atom. The number of aromatic nitrogens is 2. The van der Waals surface area contributed by atoms with E-state index in [0.717, 1.165) is 43.6 Å². The summed E-state index contributed by atoms with van der Waals surface area (Å²) in [6, 6.07) is 28.2. The van der Waals surface area contributed by atoms with E-state index in [9.17, 15) is 4.79 Å². The Balaban J connectivity index is 1.71. The van der Waals surface area contributed by atoms with Crippen LogP contribution in [0.25, 0.3) is 56.0 Å². The molecule has 0 spiro atoms. The van der Waals surface area contributed by atoms with Crippen LogP contribution in [-0.2, 0) is 0 Å². The Morgan fingerprint density at radius 2 is 0.969 bits per heavy atom. The summed E-state index contributed by atoms with van der Waals surface area (Å²) in [5.74, 6) is -0.0157. The van der Waals surface area contributed by atoms with Gasteiger partial charge < -0.3 is 9.13 Å². The highest BCUT2D eigenvalue weighted by molar-refractivity contribution is 6.26. The first-order chi connectivity index (χ1) is 15.7. The van der Waals surface area contributed by atoms with Gasteiger partial charge >= 0.3 is 0 Å². The number of hydrogen-bond acceptors (Lipinski definition) is 1. The lowest BCUT2D eigenvalue weighted by molar-refractivity contribution is 0.104. The lowest BCUT2D eigenvalue weighted by Crippen LogP contribution is -2.06. The topological polar surface area (TPSA) is 26.9 Å². The fourth-order valence-corrected chi connectivity index (χ4v) is 5.00. The summed E-state index contributed by atoms with van der Waals surface area (Å²) in [5.41, 5.74) is 5.16. The monoisotopic (exact) mass is 412 g/mol. The van der Waals surface area contributed by atoms with Gasteiger partial charge in [-0.2, -0.15) is 0 Å². The van der Waals surface area contributed by atoms with Crippen molar-refractivity contribution in [2.75, 3.05) is 0 Å². The SMILES string of the molecule is C=Cn1c2ccccc2c2cccc(C(=O)c3cccc4c5ccccc5n(C=C)c34)c21. The summed E-state index contributed by atoms with van der Waals surface area (Å²) in [5, 5.41) is 4.30. The standard InChI is InChI=1S/C29H20N2O/c1-3-30-25-17-7-5-11-19(25)21-13-9-15-23(27(21)30)29(32)24-16-10-14-22-20-12-6-8-18-26(20)31(4-2)28(22)24/h3-18H,1-2H2. The second-order valence-corrected chi connectivity index (χ2v) is 7.87. The largest absolute Gasteiger partial charge is 0.316 e. The molecule has 6 aromatic rings. The van der Waals surface area contributed by atoms with Gasteiger partial charge in [-0.3, -0.25) is 4.79 Å². The lowest BCUT2D eigenvalue weighted by Gasteiger charge is -2.09. The number of carbonyl (C=O) groups excluding carboxylic acids is 1. The van der Waals surface area contributed by atoms with Crippen molar-refractivity contribution in [2.45, 2.75) is 0 Å². The van der Waals surface area contributed by atoms with Gasteiger partial charge in [-0.15, -0.1) is 0 Å². The lowest BCUT2D eigenvalue weighted by atomic mass is 9.98. The molecule has 0 atom stereocenters. The average Bonchev–Trinajstić information content (AvgIpc) is 3.36. The summed E-state index contributed by atoms with van der Waals surface area (Å²) >= 11 is 0. The first-order valence-corrected chi connectivity index (χ1v) is 10.6. The highest BCUT2D eigenvalue weighted by atomic mass is 16.1. The molecule has 0 amide bonds. The number of benzene rings is 4. The van der Waals surface area contributed by atoms with Crippen molar-refractivity contribution >= 4 is 61.8 Å². The molecule has 0 aliphatic rings. The van der Waals surface area contributed by atoms with Crippen molar-refractivity contribution in [1.82, 2.24) is 9.13 Å². The Kier molecular flexibility index (Phi) is 3.92. The number of nitrogens with zero attached hydrogens (tertiary/aromatic N) is 2. The quantitative estimate of drug-likeness (QED) is 0.278. The van der Waals surface area contributed by atoms with Crippen LogP contribution in [0, 0.1) is 0 Å². The second-order valence-electron chi connectivity index (χ2n) is 7.87. The van der Waals surface area contributed by atoms with Gasteiger partial charge in [-0.25, -0.2) is 0 Å². The summed E-state index contributed by atoms with van der Waals surface area (Å²) < 4.78 is 4.03. The number of ketones is 1. The van der Waals surface area contributed by atoms with E-state index >= 15 is 0 Å². The normalized spacial score (nSPS) is 11.5. The highest BCUT2D eigenvalue weighted by Gasteiger charge is 2.22. The van der Waals surface area contributed by atoms with E-state index in [1.54, 1.807) is 12.4 Å². The molecule has 2 aromatic heterocycles. The van der Waals surface area contributed by atoms with E-state index in [0.29, 0.717) is 11.1 Å². The minimum Gasteiger partial charge on any atom is -0.316 e. The molecule has 0 bridgehead atoms. The molecule has 4 aromatic carbocycles. The van der Waals surface area contributed by atoms with Gasteiger partial charge in [0, 0.05) is 45.1 Å². The predicted octanol–water partition coefficient (Wildman–Crippen LogP) is 7.33.